The first-order valence-electron chi connectivity index (χ1n) is 3.75. The Hall–Kier alpha value is -0.590. The highest BCUT2D eigenvalue weighted by molar-refractivity contribution is 7.09. The number of alkyl halides is 1. The molecule has 1 heterocycles. The summed E-state index contributed by atoms with van der Waals surface area (Å²) in [6, 6.07) is 2.07. The third-order valence-electron chi connectivity index (χ3n) is 1.93. The van der Waals surface area contributed by atoms with Crippen molar-refractivity contribution in [1.29, 1.82) is 5.26 Å². The van der Waals surface area contributed by atoms with Gasteiger partial charge in [-0.25, -0.2) is 4.98 Å². The molecule has 0 radical (unpaired) electrons. The first-order chi connectivity index (χ1) is 5.74. The molecule has 0 aliphatic heterocycles. The van der Waals surface area contributed by atoms with Crippen LogP contribution in [0.15, 0.2) is 5.38 Å². The third-order valence-corrected chi connectivity index (χ3v) is 3.35. The minimum absolute atomic E-state index is 0.176. The highest BCUT2D eigenvalue weighted by Crippen LogP contribution is 2.51. The Morgan fingerprint density at radius 2 is 2.50 bits per heavy atom. The first-order valence-corrected chi connectivity index (χ1v) is 5.01. The molecule has 1 fully saturated rings. The van der Waals surface area contributed by atoms with Gasteiger partial charge in [0, 0.05) is 5.38 Å². The van der Waals surface area contributed by atoms with Gasteiger partial charge in [-0.2, -0.15) is 5.26 Å². The van der Waals surface area contributed by atoms with Crippen molar-refractivity contribution in [2.24, 2.45) is 0 Å². The summed E-state index contributed by atoms with van der Waals surface area (Å²) in [6.07, 6.45) is 2.44. The molecule has 0 spiro atoms. The lowest BCUT2D eigenvalue weighted by Crippen LogP contribution is -1.96. The number of nitrogens with zero attached hydrogens (tertiary/aromatic N) is 2. The second-order valence-corrected chi connectivity index (χ2v) is 4.59. The van der Waals surface area contributed by atoms with Gasteiger partial charge in [0.2, 0.25) is 0 Å². The third kappa shape index (κ3) is 1.33. The minimum atomic E-state index is -0.176. The van der Waals surface area contributed by atoms with Crippen LogP contribution in [0.2, 0.25) is 0 Å². The van der Waals surface area contributed by atoms with Crippen LogP contribution >= 0.6 is 22.9 Å². The summed E-state index contributed by atoms with van der Waals surface area (Å²) in [5.74, 6) is 0. The fourth-order valence-electron chi connectivity index (χ4n) is 1.03. The maximum Gasteiger partial charge on any atom is 0.107 e. The number of hydrogen-bond acceptors (Lipinski definition) is 3. The molecular formula is C8H7ClN2S. The lowest BCUT2D eigenvalue weighted by Gasteiger charge is -1.97. The molecule has 0 bridgehead atoms. The Bertz CT molecular complexity index is 335. The van der Waals surface area contributed by atoms with E-state index in [-0.39, 0.29) is 4.87 Å². The highest BCUT2D eigenvalue weighted by Gasteiger charge is 2.44. The van der Waals surface area contributed by atoms with Crippen molar-refractivity contribution in [2.45, 2.75) is 24.1 Å². The topological polar surface area (TPSA) is 36.7 Å². The fourth-order valence-corrected chi connectivity index (χ4v) is 2.11. The predicted molar refractivity (Wildman–Crippen MR) is 48.2 cm³/mol. The van der Waals surface area contributed by atoms with Crippen molar-refractivity contribution < 1.29 is 0 Å². The van der Waals surface area contributed by atoms with Crippen LogP contribution in [0.3, 0.4) is 0 Å². The molecule has 62 valence electrons. The average Bonchev–Trinajstić information content (AvgIpc) is 2.64. The van der Waals surface area contributed by atoms with Crippen LogP contribution in [0.4, 0.5) is 0 Å². The number of thiazole rings is 1. The van der Waals surface area contributed by atoms with E-state index in [1.807, 2.05) is 5.38 Å². The van der Waals surface area contributed by atoms with Crippen LogP contribution in [0.25, 0.3) is 0 Å². The van der Waals surface area contributed by atoms with Gasteiger partial charge in [0.1, 0.15) is 5.01 Å². The normalized spacial score (nSPS) is 18.7. The van der Waals surface area contributed by atoms with Gasteiger partial charge >= 0.3 is 0 Å². The second kappa shape index (κ2) is 2.72. The Morgan fingerprint density at radius 1 is 1.75 bits per heavy atom. The molecule has 1 aromatic rings. The molecule has 1 aliphatic carbocycles. The Kier molecular flexibility index (Phi) is 1.82. The minimum Gasteiger partial charge on any atom is -0.243 e. The van der Waals surface area contributed by atoms with E-state index in [0.717, 1.165) is 23.5 Å². The molecule has 0 amide bonds. The van der Waals surface area contributed by atoms with Crippen LogP contribution in [0.5, 0.6) is 0 Å². The number of aromatic nitrogens is 1. The summed E-state index contributed by atoms with van der Waals surface area (Å²) in [5, 5.41) is 11.3. The summed E-state index contributed by atoms with van der Waals surface area (Å²) in [4.78, 5) is 4.12. The van der Waals surface area contributed by atoms with E-state index in [9.17, 15) is 0 Å². The van der Waals surface area contributed by atoms with Gasteiger partial charge in [-0.05, 0) is 12.8 Å². The van der Waals surface area contributed by atoms with Gasteiger partial charge < -0.3 is 0 Å². The van der Waals surface area contributed by atoms with Gasteiger partial charge in [0.05, 0.1) is 23.1 Å². The Balaban J connectivity index is 2.20. The van der Waals surface area contributed by atoms with Crippen LogP contribution in [-0.4, -0.2) is 4.98 Å². The van der Waals surface area contributed by atoms with Gasteiger partial charge in [-0.3, -0.25) is 0 Å². The fraction of sp³-hybridized carbons (Fsp3) is 0.500. The summed E-state index contributed by atoms with van der Waals surface area (Å²) in [6.45, 7) is 0. The summed E-state index contributed by atoms with van der Waals surface area (Å²) >= 11 is 7.67. The van der Waals surface area contributed by atoms with E-state index in [0.29, 0.717) is 6.42 Å². The molecular weight excluding hydrogens is 192 g/mol. The number of rotatable bonds is 2. The van der Waals surface area contributed by atoms with Crippen molar-refractivity contribution in [3.05, 3.63) is 16.1 Å². The van der Waals surface area contributed by atoms with Crippen molar-refractivity contribution >= 4 is 22.9 Å². The van der Waals surface area contributed by atoms with Crippen LogP contribution < -0.4 is 0 Å². The molecule has 1 aromatic heterocycles. The van der Waals surface area contributed by atoms with Crippen LogP contribution in [0.1, 0.15) is 23.5 Å². The molecule has 2 nitrogen and oxygen atoms in total. The average molecular weight is 199 g/mol. The van der Waals surface area contributed by atoms with Crippen molar-refractivity contribution in [3.63, 3.8) is 0 Å². The van der Waals surface area contributed by atoms with Crippen LogP contribution in [0, 0.1) is 11.3 Å². The molecule has 0 saturated heterocycles. The standard InChI is InChI=1S/C8H7ClN2S/c9-8(2-3-8)6-5-12-7(11-6)1-4-10/h5H,1-3H2. The Labute approximate surface area is 79.8 Å². The van der Waals surface area contributed by atoms with E-state index < -0.39 is 0 Å². The van der Waals surface area contributed by atoms with E-state index >= 15 is 0 Å². The van der Waals surface area contributed by atoms with Crippen molar-refractivity contribution in [1.82, 2.24) is 4.98 Å². The number of hydrogen-bond donors (Lipinski definition) is 0. The van der Waals surface area contributed by atoms with E-state index in [1.165, 1.54) is 11.3 Å². The largest absolute Gasteiger partial charge is 0.243 e. The molecule has 1 saturated carbocycles. The van der Waals surface area contributed by atoms with E-state index in [4.69, 9.17) is 16.9 Å². The summed E-state index contributed by atoms with van der Waals surface area (Å²) in [5.41, 5.74) is 0.958. The van der Waals surface area contributed by atoms with Gasteiger partial charge in [0.25, 0.3) is 0 Å². The lowest BCUT2D eigenvalue weighted by atomic mass is 10.3. The number of halogens is 1. The molecule has 0 unspecified atom stereocenters. The maximum absolute atomic E-state index is 8.43. The Morgan fingerprint density at radius 3 is 3.08 bits per heavy atom. The van der Waals surface area contributed by atoms with Crippen molar-refractivity contribution in [2.75, 3.05) is 0 Å². The SMILES string of the molecule is N#CCc1nc(C2(Cl)CC2)cs1. The molecule has 2 rings (SSSR count). The monoisotopic (exact) mass is 198 g/mol. The zero-order chi connectivity index (χ0) is 8.60. The quantitative estimate of drug-likeness (QED) is 0.685. The maximum atomic E-state index is 8.43. The molecule has 0 aromatic carbocycles. The van der Waals surface area contributed by atoms with Gasteiger partial charge in [-0.15, -0.1) is 22.9 Å². The first kappa shape index (κ1) is 8.03. The molecule has 0 atom stereocenters. The highest BCUT2D eigenvalue weighted by atomic mass is 35.5. The zero-order valence-corrected chi connectivity index (χ0v) is 7.95. The number of nitriles is 1. The predicted octanol–water partition coefficient (Wildman–Crippen LogP) is 2.44. The van der Waals surface area contributed by atoms with Crippen LogP contribution in [-0.2, 0) is 11.3 Å². The molecule has 12 heavy (non-hydrogen) atoms. The molecule has 4 heteroatoms. The van der Waals surface area contributed by atoms with E-state index in [2.05, 4.69) is 11.1 Å². The second-order valence-electron chi connectivity index (χ2n) is 2.93. The summed E-state index contributed by atoms with van der Waals surface area (Å²) < 4.78 is 0. The van der Waals surface area contributed by atoms with Crippen molar-refractivity contribution in [3.8, 4) is 6.07 Å². The summed E-state index contributed by atoms with van der Waals surface area (Å²) in [7, 11) is 0. The molecule has 0 N–H and O–H groups in total. The molecule has 1 aliphatic rings. The van der Waals surface area contributed by atoms with Gasteiger partial charge in [0.15, 0.2) is 0 Å². The smallest absolute Gasteiger partial charge is 0.107 e. The zero-order valence-electron chi connectivity index (χ0n) is 6.38. The lowest BCUT2D eigenvalue weighted by molar-refractivity contribution is 0.939. The van der Waals surface area contributed by atoms with E-state index in [1.54, 1.807) is 0 Å². The van der Waals surface area contributed by atoms with Gasteiger partial charge in [-0.1, -0.05) is 0 Å².